The molecule has 0 atom stereocenters. The summed E-state index contributed by atoms with van der Waals surface area (Å²) >= 11 is 0. The highest BCUT2D eigenvalue weighted by molar-refractivity contribution is 5.60. The van der Waals surface area contributed by atoms with E-state index in [1.54, 1.807) is 30.5 Å². The van der Waals surface area contributed by atoms with Crippen molar-refractivity contribution in [2.24, 2.45) is 0 Å². The number of aromatic amines is 1. The molecule has 0 amide bonds. The van der Waals surface area contributed by atoms with Gasteiger partial charge in [-0.15, -0.1) is 0 Å². The number of benzene rings is 1. The Kier molecular flexibility index (Phi) is 2.57. The zero-order valence-electron chi connectivity index (χ0n) is 9.26. The van der Waals surface area contributed by atoms with E-state index in [-0.39, 0.29) is 5.82 Å². The molecule has 0 saturated carbocycles. The average molecular weight is 239 g/mol. The third kappa shape index (κ3) is 1.98. The fraction of sp³-hybridized carbons (Fsp3) is 0. The summed E-state index contributed by atoms with van der Waals surface area (Å²) in [5.41, 5.74) is 2.25. The molecule has 0 aliphatic heterocycles. The van der Waals surface area contributed by atoms with Crippen molar-refractivity contribution >= 4 is 0 Å². The van der Waals surface area contributed by atoms with E-state index < -0.39 is 0 Å². The van der Waals surface area contributed by atoms with Crippen molar-refractivity contribution in [3.8, 4) is 22.8 Å². The van der Waals surface area contributed by atoms with Gasteiger partial charge in [0.25, 0.3) is 0 Å². The molecule has 0 bridgehead atoms. The van der Waals surface area contributed by atoms with Crippen LogP contribution in [0.1, 0.15) is 0 Å². The number of nitrogens with one attached hydrogen (secondary N) is 1. The first-order chi connectivity index (χ1) is 8.83. The molecule has 4 nitrogen and oxygen atoms in total. The first kappa shape index (κ1) is 10.6. The molecule has 0 aliphatic carbocycles. The van der Waals surface area contributed by atoms with Gasteiger partial charge in [0.1, 0.15) is 12.0 Å². The van der Waals surface area contributed by atoms with Gasteiger partial charge in [0.15, 0.2) is 5.82 Å². The van der Waals surface area contributed by atoms with Crippen molar-refractivity contribution in [2.75, 3.05) is 0 Å². The first-order valence-corrected chi connectivity index (χ1v) is 5.34. The number of hydrogen-bond acceptors (Lipinski definition) is 3. The lowest BCUT2D eigenvalue weighted by molar-refractivity contribution is 0.628. The fourth-order valence-electron chi connectivity index (χ4n) is 1.60. The molecule has 3 rings (SSSR count). The lowest BCUT2D eigenvalue weighted by Gasteiger charge is -2.02. The average Bonchev–Trinajstić information content (AvgIpc) is 2.94. The van der Waals surface area contributed by atoms with Crippen molar-refractivity contribution in [3.05, 3.63) is 54.6 Å². The van der Waals surface area contributed by atoms with Crippen molar-refractivity contribution in [1.29, 1.82) is 0 Å². The van der Waals surface area contributed by atoms with Crippen LogP contribution in [-0.4, -0.2) is 20.2 Å². The van der Waals surface area contributed by atoms with Crippen LogP contribution in [0.3, 0.4) is 0 Å². The molecule has 1 radical (unpaired) electrons. The van der Waals surface area contributed by atoms with Crippen LogP contribution in [0, 0.1) is 12.0 Å². The Morgan fingerprint density at radius 2 is 1.94 bits per heavy atom. The second-order valence-electron chi connectivity index (χ2n) is 3.68. The second kappa shape index (κ2) is 4.37. The van der Waals surface area contributed by atoms with Crippen LogP contribution >= 0.6 is 0 Å². The maximum absolute atomic E-state index is 12.8. The van der Waals surface area contributed by atoms with Crippen LogP contribution in [-0.2, 0) is 0 Å². The Morgan fingerprint density at radius 1 is 1.11 bits per heavy atom. The van der Waals surface area contributed by atoms with Crippen LogP contribution in [0.15, 0.2) is 42.6 Å². The van der Waals surface area contributed by atoms with Gasteiger partial charge < -0.3 is 0 Å². The third-order valence-corrected chi connectivity index (χ3v) is 2.48. The Labute approximate surface area is 103 Å². The minimum absolute atomic E-state index is 0.280. The molecule has 0 fully saturated rings. The smallest absolute Gasteiger partial charge is 0.159 e. The van der Waals surface area contributed by atoms with Crippen molar-refractivity contribution in [1.82, 2.24) is 20.2 Å². The Hall–Kier alpha value is -2.56. The number of nitrogens with zero attached hydrogens (tertiary/aromatic N) is 3. The van der Waals surface area contributed by atoms with Crippen molar-refractivity contribution in [3.63, 3.8) is 0 Å². The molecule has 0 unspecified atom stereocenters. The summed E-state index contributed by atoms with van der Waals surface area (Å²) in [5, 5.41) is 6.54. The molecule has 1 aromatic carbocycles. The molecule has 0 saturated heterocycles. The number of halogens is 1. The van der Waals surface area contributed by atoms with E-state index in [4.69, 9.17) is 0 Å². The molecule has 0 spiro atoms. The highest BCUT2D eigenvalue weighted by atomic mass is 19.1. The summed E-state index contributed by atoms with van der Waals surface area (Å²) in [6.07, 6.45) is 4.33. The molecule has 87 valence electrons. The second-order valence-corrected chi connectivity index (χ2v) is 3.68. The fourth-order valence-corrected chi connectivity index (χ4v) is 1.60. The van der Waals surface area contributed by atoms with E-state index in [2.05, 4.69) is 26.4 Å². The highest BCUT2D eigenvalue weighted by Crippen LogP contribution is 2.19. The minimum Gasteiger partial charge on any atom is -0.276 e. The molecular weight excluding hydrogens is 231 g/mol. The number of aromatic nitrogens is 4. The zero-order valence-corrected chi connectivity index (χ0v) is 9.26. The van der Waals surface area contributed by atoms with E-state index in [9.17, 15) is 4.39 Å². The van der Waals surface area contributed by atoms with Crippen molar-refractivity contribution in [2.45, 2.75) is 0 Å². The summed E-state index contributed by atoms with van der Waals surface area (Å²) < 4.78 is 12.8. The summed E-state index contributed by atoms with van der Waals surface area (Å²) in [6, 6.07) is 9.54. The molecular formula is C13H8FN4. The summed E-state index contributed by atoms with van der Waals surface area (Å²) in [5.74, 6) is 0.264. The van der Waals surface area contributed by atoms with Crippen LogP contribution in [0.4, 0.5) is 4.39 Å². The van der Waals surface area contributed by atoms with Gasteiger partial charge in [-0.25, -0.2) is 14.4 Å². The quantitative estimate of drug-likeness (QED) is 0.747. The zero-order chi connectivity index (χ0) is 12.4. The molecule has 0 aliphatic rings. The Bertz CT molecular complexity index is 647. The predicted molar refractivity (Wildman–Crippen MR) is 63.8 cm³/mol. The molecule has 5 heteroatoms. The van der Waals surface area contributed by atoms with Gasteiger partial charge in [0, 0.05) is 11.8 Å². The lowest BCUT2D eigenvalue weighted by atomic mass is 10.2. The van der Waals surface area contributed by atoms with Crippen LogP contribution in [0.5, 0.6) is 0 Å². The van der Waals surface area contributed by atoms with Gasteiger partial charge in [0.2, 0.25) is 0 Å². The van der Waals surface area contributed by atoms with Crippen LogP contribution in [0.25, 0.3) is 22.8 Å². The number of H-pyrrole nitrogens is 1. The Morgan fingerprint density at radius 3 is 2.67 bits per heavy atom. The molecule has 1 N–H and O–H groups in total. The number of hydrogen-bond donors (Lipinski definition) is 1. The molecule has 2 aromatic heterocycles. The van der Waals surface area contributed by atoms with Crippen LogP contribution in [0.2, 0.25) is 0 Å². The summed E-state index contributed by atoms with van der Waals surface area (Å²) in [6.45, 7) is 0. The topological polar surface area (TPSA) is 54.5 Å². The van der Waals surface area contributed by atoms with Gasteiger partial charge >= 0.3 is 0 Å². The largest absolute Gasteiger partial charge is 0.276 e. The van der Waals surface area contributed by atoms with E-state index >= 15 is 0 Å². The number of rotatable bonds is 2. The maximum Gasteiger partial charge on any atom is 0.159 e. The summed E-state index contributed by atoms with van der Waals surface area (Å²) in [4.78, 5) is 8.56. The lowest BCUT2D eigenvalue weighted by Crippen LogP contribution is -1.91. The predicted octanol–water partition coefficient (Wildman–Crippen LogP) is 2.47. The first-order valence-electron chi connectivity index (χ1n) is 5.34. The normalized spacial score (nSPS) is 10.5. The SMILES string of the molecule is Fc1ccc(-c2nccc(-c3c[c]n[nH]3)n2)cc1. The molecule has 2 heterocycles. The Balaban J connectivity index is 2.03. The molecule has 3 aromatic rings. The highest BCUT2D eigenvalue weighted by Gasteiger charge is 2.05. The van der Waals surface area contributed by atoms with Gasteiger partial charge in [-0.1, -0.05) is 0 Å². The van der Waals surface area contributed by atoms with Crippen molar-refractivity contribution < 1.29 is 4.39 Å². The van der Waals surface area contributed by atoms with Gasteiger partial charge in [0.05, 0.1) is 11.4 Å². The monoisotopic (exact) mass is 239 g/mol. The third-order valence-electron chi connectivity index (χ3n) is 2.48. The van der Waals surface area contributed by atoms with Crippen LogP contribution < -0.4 is 0 Å². The maximum atomic E-state index is 12.8. The van der Waals surface area contributed by atoms with E-state index in [0.29, 0.717) is 5.82 Å². The summed E-state index contributed by atoms with van der Waals surface area (Å²) in [7, 11) is 0. The molecule has 18 heavy (non-hydrogen) atoms. The van der Waals surface area contributed by atoms with E-state index in [1.807, 2.05) is 0 Å². The van der Waals surface area contributed by atoms with E-state index in [0.717, 1.165) is 17.0 Å². The standard InChI is InChI=1S/C13H8FN4/c14-10-3-1-9(2-4-10)13-15-7-5-11(17-13)12-6-8-16-18-12/h1-7H,(H,16,18). The van der Waals surface area contributed by atoms with Gasteiger partial charge in [-0.05, 0) is 36.4 Å². The van der Waals surface area contributed by atoms with E-state index in [1.165, 1.54) is 12.1 Å². The minimum atomic E-state index is -0.280. The van der Waals surface area contributed by atoms with Gasteiger partial charge in [-0.3, -0.25) is 5.10 Å². The van der Waals surface area contributed by atoms with Gasteiger partial charge in [-0.2, -0.15) is 5.10 Å².